The molecule has 1 aromatic heterocycles. The second-order valence-corrected chi connectivity index (χ2v) is 6.16. The van der Waals surface area contributed by atoms with Gasteiger partial charge in [0.25, 0.3) is 0 Å². The van der Waals surface area contributed by atoms with Crippen LogP contribution >= 0.6 is 0 Å². The van der Waals surface area contributed by atoms with E-state index in [1.165, 1.54) is 0 Å². The molecule has 0 aliphatic carbocycles. The second-order valence-electron chi connectivity index (χ2n) is 4.60. The lowest BCUT2D eigenvalue weighted by molar-refractivity contribution is 0.677. The molecule has 8 heteroatoms. The van der Waals surface area contributed by atoms with E-state index in [9.17, 15) is 4.21 Å². The van der Waals surface area contributed by atoms with Crippen LogP contribution in [0.4, 0.5) is 17.8 Å². The van der Waals surface area contributed by atoms with E-state index in [0.717, 1.165) is 19.5 Å². The van der Waals surface area contributed by atoms with Crippen molar-refractivity contribution in [3.8, 4) is 0 Å². The maximum absolute atomic E-state index is 11.1. The van der Waals surface area contributed by atoms with Crippen molar-refractivity contribution in [2.75, 3.05) is 41.0 Å². The number of nitrogens with one attached hydrogen (secondary N) is 1. The molecule has 2 atom stereocenters. The fourth-order valence-electron chi connectivity index (χ4n) is 1.73. The van der Waals surface area contributed by atoms with Gasteiger partial charge in [-0.15, -0.1) is 0 Å². The molecule has 0 saturated heterocycles. The van der Waals surface area contributed by atoms with Crippen LogP contribution in [-0.2, 0) is 10.8 Å². The number of anilines is 3. The van der Waals surface area contributed by atoms with Gasteiger partial charge in [-0.1, -0.05) is 0 Å². The maximum atomic E-state index is 11.1. The zero-order chi connectivity index (χ0) is 15.1. The molecule has 0 radical (unpaired) electrons. The van der Waals surface area contributed by atoms with E-state index in [-0.39, 0.29) is 12.0 Å². The van der Waals surface area contributed by atoms with E-state index < -0.39 is 10.8 Å². The molecule has 3 N–H and O–H groups in total. The predicted molar refractivity (Wildman–Crippen MR) is 84.4 cm³/mol. The summed E-state index contributed by atoms with van der Waals surface area (Å²) in [4.78, 5) is 14.6. The highest BCUT2D eigenvalue weighted by atomic mass is 32.2. The van der Waals surface area contributed by atoms with Gasteiger partial charge in [0.05, 0.1) is 0 Å². The van der Waals surface area contributed by atoms with Crippen LogP contribution in [0, 0.1) is 0 Å². The summed E-state index contributed by atoms with van der Waals surface area (Å²) < 4.78 is 11.1. The van der Waals surface area contributed by atoms with Crippen molar-refractivity contribution >= 4 is 28.6 Å². The normalized spacial score (nSPS) is 13.8. The summed E-state index contributed by atoms with van der Waals surface area (Å²) in [5, 5.41) is 3.18. The Morgan fingerprint density at radius 3 is 2.50 bits per heavy atom. The van der Waals surface area contributed by atoms with Gasteiger partial charge in [0, 0.05) is 41.9 Å². The third-order valence-electron chi connectivity index (χ3n) is 2.90. The minimum atomic E-state index is -0.789. The summed E-state index contributed by atoms with van der Waals surface area (Å²) in [6.07, 6.45) is 2.49. The van der Waals surface area contributed by atoms with Gasteiger partial charge in [0.2, 0.25) is 17.8 Å². The Labute approximate surface area is 122 Å². The van der Waals surface area contributed by atoms with Crippen LogP contribution in [-0.4, -0.2) is 50.3 Å². The Bertz CT molecular complexity index is 452. The van der Waals surface area contributed by atoms with Gasteiger partial charge in [-0.05, 0) is 27.2 Å². The summed E-state index contributed by atoms with van der Waals surface area (Å²) in [7, 11) is -0.789. The molecule has 1 aromatic rings. The molecule has 0 aliphatic heterocycles. The van der Waals surface area contributed by atoms with Gasteiger partial charge >= 0.3 is 0 Å². The summed E-state index contributed by atoms with van der Waals surface area (Å²) in [5.41, 5.74) is 5.73. The first-order chi connectivity index (χ1) is 9.46. The zero-order valence-corrected chi connectivity index (χ0v) is 13.4. The molecular weight excluding hydrogens is 276 g/mol. The summed E-state index contributed by atoms with van der Waals surface area (Å²) in [5.74, 6) is 1.90. The summed E-state index contributed by atoms with van der Waals surface area (Å²) in [6.45, 7) is 7.70. The molecule has 0 aliphatic rings. The average molecular weight is 300 g/mol. The summed E-state index contributed by atoms with van der Waals surface area (Å²) in [6, 6.07) is 0.130. The van der Waals surface area contributed by atoms with Gasteiger partial charge in [-0.3, -0.25) is 4.21 Å². The van der Waals surface area contributed by atoms with Crippen molar-refractivity contribution in [3.05, 3.63) is 0 Å². The number of nitrogens with two attached hydrogens (primary N) is 1. The van der Waals surface area contributed by atoms with E-state index in [4.69, 9.17) is 5.73 Å². The molecule has 0 amide bonds. The second kappa shape index (κ2) is 7.98. The lowest BCUT2D eigenvalue weighted by Gasteiger charge is -2.20. The number of hydrogen-bond donors (Lipinski definition) is 2. The van der Waals surface area contributed by atoms with Crippen molar-refractivity contribution in [2.45, 2.75) is 33.2 Å². The third kappa shape index (κ3) is 5.28. The standard InChI is InChI=1S/C12H24N6OS/c1-5-18(6-2)12-16-10(13)15-11(17-12)14-9(3)7-8-20(4)19/h9H,5-8H2,1-4H3,(H3,13,14,15,16,17). The van der Waals surface area contributed by atoms with Gasteiger partial charge in [-0.2, -0.15) is 15.0 Å². The monoisotopic (exact) mass is 300 g/mol. The number of aromatic nitrogens is 3. The van der Waals surface area contributed by atoms with Crippen LogP contribution in [0.5, 0.6) is 0 Å². The Hall–Kier alpha value is -1.44. The van der Waals surface area contributed by atoms with Crippen molar-refractivity contribution < 1.29 is 4.21 Å². The highest BCUT2D eigenvalue weighted by Crippen LogP contribution is 2.12. The summed E-state index contributed by atoms with van der Waals surface area (Å²) >= 11 is 0. The fraction of sp³-hybridized carbons (Fsp3) is 0.750. The minimum absolute atomic E-state index is 0.130. The van der Waals surface area contributed by atoms with Crippen LogP contribution in [0.1, 0.15) is 27.2 Å². The average Bonchev–Trinajstić information content (AvgIpc) is 2.37. The maximum Gasteiger partial charge on any atom is 0.231 e. The van der Waals surface area contributed by atoms with Gasteiger partial charge in [0.15, 0.2) is 0 Å². The van der Waals surface area contributed by atoms with Crippen LogP contribution in [0.25, 0.3) is 0 Å². The van der Waals surface area contributed by atoms with Gasteiger partial charge in [-0.25, -0.2) is 0 Å². The molecule has 0 aromatic carbocycles. The first-order valence-electron chi connectivity index (χ1n) is 6.79. The molecule has 20 heavy (non-hydrogen) atoms. The van der Waals surface area contributed by atoms with Crippen LogP contribution in [0.2, 0.25) is 0 Å². The largest absolute Gasteiger partial charge is 0.368 e. The van der Waals surface area contributed by atoms with E-state index in [0.29, 0.717) is 17.6 Å². The molecule has 0 bridgehead atoms. The van der Waals surface area contributed by atoms with Gasteiger partial charge in [0.1, 0.15) is 0 Å². The van der Waals surface area contributed by atoms with E-state index >= 15 is 0 Å². The van der Waals surface area contributed by atoms with Crippen molar-refractivity contribution in [1.29, 1.82) is 0 Å². The Kier molecular flexibility index (Phi) is 6.63. The first kappa shape index (κ1) is 16.6. The Morgan fingerprint density at radius 2 is 1.95 bits per heavy atom. The van der Waals surface area contributed by atoms with Crippen molar-refractivity contribution in [3.63, 3.8) is 0 Å². The topological polar surface area (TPSA) is 97.0 Å². The molecule has 0 saturated carbocycles. The molecule has 114 valence electrons. The SMILES string of the molecule is CCN(CC)c1nc(N)nc(NC(C)CCS(C)=O)n1. The van der Waals surface area contributed by atoms with Gasteiger partial charge < -0.3 is 16.0 Å². The number of nitrogen functional groups attached to an aromatic ring is 1. The molecule has 0 spiro atoms. The first-order valence-corrected chi connectivity index (χ1v) is 8.52. The number of rotatable bonds is 8. The van der Waals surface area contributed by atoms with E-state index in [1.807, 2.05) is 25.7 Å². The molecule has 0 fully saturated rings. The predicted octanol–water partition coefficient (Wildman–Crippen LogP) is 0.869. The lowest BCUT2D eigenvalue weighted by atomic mass is 10.3. The Morgan fingerprint density at radius 1 is 1.30 bits per heavy atom. The molecule has 1 heterocycles. The highest BCUT2D eigenvalue weighted by Gasteiger charge is 2.11. The van der Waals surface area contributed by atoms with Crippen molar-refractivity contribution in [2.24, 2.45) is 0 Å². The molecule has 7 nitrogen and oxygen atoms in total. The lowest BCUT2D eigenvalue weighted by Crippen LogP contribution is -2.26. The number of hydrogen-bond acceptors (Lipinski definition) is 7. The van der Waals surface area contributed by atoms with Crippen LogP contribution in [0.15, 0.2) is 0 Å². The highest BCUT2D eigenvalue weighted by molar-refractivity contribution is 7.84. The number of nitrogens with zero attached hydrogens (tertiary/aromatic N) is 4. The van der Waals surface area contributed by atoms with Crippen LogP contribution in [0.3, 0.4) is 0 Å². The van der Waals surface area contributed by atoms with E-state index in [1.54, 1.807) is 6.26 Å². The zero-order valence-electron chi connectivity index (χ0n) is 12.6. The molecule has 1 rings (SSSR count). The third-order valence-corrected chi connectivity index (χ3v) is 3.71. The van der Waals surface area contributed by atoms with E-state index in [2.05, 4.69) is 20.3 Å². The smallest absolute Gasteiger partial charge is 0.231 e. The van der Waals surface area contributed by atoms with Crippen LogP contribution < -0.4 is 16.0 Å². The molecule has 2 unspecified atom stereocenters. The van der Waals surface area contributed by atoms with Crippen molar-refractivity contribution in [1.82, 2.24) is 15.0 Å². The fourth-order valence-corrected chi connectivity index (χ4v) is 2.41. The quantitative estimate of drug-likeness (QED) is 0.735. The Balaban J connectivity index is 2.77. The molecular formula is C12H24N6OS. The minimum Gasteiger partial charge on any atom is -0.368 e.